The lowest BCUT2D eigenvalue weighted by Crippen LogP contribution is -2.23. The fourth-order valence-electron chi connectivity index (χ4n) is 1.50. The number of benzene rings is 1. The molecule has 1 aromatic heterocycles. The van der Waals surface area contributed by atoms with E-state index in [4.69, 9.17) is 11.6 Å². The van der Waals surface area contributed by atoms with Gasteiger partial charge in [-0.1, -0.05) is 23.4 Å². The van der Waals surface area contributed by atoms with Gasteiger partial charge in [0.05, 0.1) is 10.9 Å². The Balaban J connectivity index is 2.02. The molecule has 0 bridgehead atoms. The number of aromatic nitrogens is 2. The van der Waals surface area contributed by atoms with Crippen LogP contribution in [0.3, 0.4) is 0 Å². The molecule has 0 saturated heterocycles. The number of carbonyl (C=O) groups is 1. The molecule has 0 fully saturated rings. The van der Waals surface area contributed by atoms with Crippen molar-refractivity contribution in [2.45, 2.75) is 17.3 Å². The van der Waals surface area contributed by atoms with Crippen molar-refractivity contribution in [3.63, 3.8) is 0 Å². The molecule has 1 aromatic carbocycles. The van der Waals surface area contributed by atoms with Gasteiger partial charge in [-0.25, -0.2) is 9.37 Å². The zero-order valence-corrected chi connectivity index (χ0v) is 12.5. The SMILES string of the molecule is CC(Sc1nccn1C)C(=O)Nc1ccc(Cl)cc1F. The lowest BCUT2D eigenvalue weighted by Gasteiger charge is -2.12. The van der Waals surface area contributed by atoms with Gasteiger partial charge in [0.2, 0.25) is 5.91 Å². The molecule has 0 aliphatic rings. The van der Waals surface area contributed by atoms with Crippen LogP contribution in [0.25, 0.3) is 0 Å². The molecule has 2 aromatic rings. The summed E-state index contributed by atoms with van der Waals surface area (Å²) >= 11 is 6.96. The summed E-state index contributed by atoms with van der Waals surface area (Å²) in [5.41, 5.74) is 0.117. The van der Waals surface area contributed by atoms with E-state index in [2.05, 4.69) is 10.3 Å². The summed E-state index contributed by atoms with van der Waals surface area (Å²) in [7, 11) is 1.85. The van der Waals surface area contributed by atoms with Crippen LogP contribution in [0, 0.1) is 5.82 Å². The van der Waals surface area contributed by atoms with Gasteiger partial charge >= 0.3 is 0 Å². The quantitative estimate of drug-likeness (QED) is 0.881. The van der Waals surface area contributed by atoms with E-state index in [0.717, 1.165) is 11.2 Å². The molecule has 1 heterocycles. The first-order valence-corrected chi connectivity index (χ1v) is 7.13. The van der Waals surface area contributed by atoms with E-state index >= 15 is 0 Å². The second kappa shape index (κ2) is 6.28. The van der Waals surface area contributed by atoms with E-state index in [-0.39, 0.29) is 16.6 Å². The molecule has 20 heavy (non-hydrogen) atoms. The average molecular weight is 314 g/mol. The summed E-state index contributed by atoms with van der Waals surface area (Å²) in [4.78, 5) is 16.1. The minimum atomic E-state index is -0.556. The van der Waals surface area contributed by atoms with Gasteiger partial charge in [-0.15, -0.1) is 0 Å². The van der Waals surface area contributed by atoms with Crippen molar-refractivity contribution < 1.29 is 9.18 Å². The van der Waals surface area contributed by atoms with E-state index in [1.165, 1.54) is 23.9 Å². The summed E-state index contributed by atoms with van der Waals surface area (Å²) in [6.07, 6.45) is 3.46. The van der Waals surface area contributed by atoms with Gasteiger partial charge in [0, 0.05) is 24.5 Å². The van der Waals surface area contributed by atoms with Crippen LogP contribution in [0.2, 0.25) is 5.02 Å². The summed E-state index contributed by atoms with van der Waals surface area (Å²) in [5.74, 6) is -0.848. The molecule has 4 nitrogen and oxygen atoms in total. The van der Waals surface area contributed by atoms with Crippen molar-refractivity contribution in [2.75, 3.05) is 5.32 Å². The zero-order chi connectivity index (χ0) is 14.7. The number of hydrogen-bond donors (Lipinski definition) is 1. The molecule has 0 saturated carbocycles. The lowest BCUT2D eigenvalue weighted by molar-refractivity contribution is -0.115. The molecule has 0 spiro atoms. The number of halogens is 2. The Labute approximate surface area is 125 Å². The highest BCUT2D eigenvalue weighted by Crippen LogP contribution is 2.23. The van der Waals surface area contributed by atoms with Crippen LogP contribution in [0.15, 0.2) is 35.7 Å². The summed E-state index contributed by atoms with van der Waals surface area (Å²) in [6.45, 7) is 1.74. The monoisotopic (exact) mass is 313 g/mol. The number of amides is 1. The molecule has 1 unspecified atom stereocenters. The van der Waals surface area contributed by atoms with Gasteiger partial charge < -0.3 is 9.88 Å². The van der Waals surface area contributed by atoms with E-state index in [1.807, 2.05) is 11.6 Å². The Kier molecular flexibility index (Phi) is 4.67. The molecule has 106 valence electrons. The molecule has 1 atom stereocenters. The number of nitrogens with zero attached hydrogens (tertiary/aromatic N) is 2. The number of imidazole rings is 1. The maximum absolute atomic E-state index is 13.6. The number of anilines is 1. The highest BCUT2D eigenvalue weighted by molar-refractivity contribution is 8.00. The first-order valence-electron chi connectivity index (χ1n) is 5.87. The predicted octanol–water partition coefficient (Wildman–Crippen LogP) is 3.33. The predicted molar refractivity (Wildman–Crippen MR) is 78.6 cm³/mol. The van der Waals surface area contributed by atoms with Crippen LogP contribution in [0.1, 0.15) is 6.92 Å². The first-order chi connectivity index (χ1) is 9.47. The summed E-state index contributed by atoms with van der Waals surface area (Å²) in [6, 6.07) is 4.12. The second-order valence-electron chi connectivity index (χ2n) is 4.19. The highest BCUT2D eigenvalue weighted by Gasteiger charge is 2.18. The summed E-state index contributed by atoms with van der Waals surface area (Å²) < 4.78 is 15.4. The van der Waals surface area contributed by atoms with Gasteiger partial charge in [-0.3, -0.25) is 4.79 Å². The van der Waals surface area contributed by atoms with Crippen molar-refractivity contribution >= 4 is 35.0 Å². The number of carbonyl (C=O) groups excluding carboxylic acids is 1. The van der Waals surface area contributed by atoms with Crippen LogP contribution in [0.4, 0.5) is 10.1 Å². The van der Waals surface area contributed by atoms with E-state index in [9.17, 15) is 9.18 Å². The van der Waals surface area contributed by atoms with Crippen molar-refractivity contribution in [1.29, 1.82) is 0 Å². The van der Waals surface area contributed by atoms with E-state index in [1.54, 1.807) is 19.3 Å². The van der Waals surface area contributed by atoms with Gasteiger partial charge in [0.15, 0.2) is 5.16 Å². The Bertz CT molecular complexity index is 632. The smallest absolute Gasteiger partial charge is 0.237 e. The molecule has 1 amide bonds. The third kappa shape index (κ3) is 3.52. The number of hydrogen-bond acceptors (Lipinski definition) is 3. The molecule has 0 aliphatic carbocycles. The van der Waals surface area contributed by atoms with Crippen LogP contribution in [0.5, 0.6) is 0 Å². The van der Waals surface area contributed by atoms with E-state index in [0.29, 0.717) is 0 Å². The fourth-order valence-corrected chi connectivity index (χ4v) is 2.49. The second-order valence-corrected chi connectivity index (χ2v) is 5.94. The fraction of sp³-hybridized carbons (Fsp3) is 0.231. The molecule has 2 rings (SSSR count). The average Bonchev–Trinajstić information content (AvgIpc) is 2.78. The molecule has 0 radical (unpaired) electrons. The largest absolute Gasteiger partial charge is 0.329 e. The normalized spacial score (nSPS) is 12.2. The van der Waals surface area contributed by atoms with Gasteiger partial charge in [0.25, 0.3) is 0 Å². The van der Waals surface area contributed by atoms with E-state index < -0.39 is 11.1 Å². The van der Waals surface area contributed by atoms with Gasteiger partial charge in [-0.2, -0.15) is 0 Å². The maximum Gasteiger partial charge on any atom is 0.237 e. The molecule has 0 aliphatic heterocycles. The Morgan fingerprint density at radius 1 is 1.55 bits per heavy atom. The molecule has 7 heteroatoms. The Morgan fingerprint density at radius 3 is 2.90 bits per heavy atom. The maximum atomic E-state index is 13.6. The minimum absolute atomic E-state index is 0.117. The molecular weight excluding hydrogens is 301 g/mol. The van der Waals surface area contributed by atoms with Gasteiger partial charge in [-0.05, 0) is 25.1 Å². The standard InChI is InChI=1S/C13H13ClFN3OS/c1-8(20-13-16-5-6-18(13)2)12(19)17-11-4-3-9(14)7-10(11)15/h3-8H,1-2H3,(H,17,19). The minimum Gasteiger partial charge on any atom is -0.329 e. The van der Waals surface area contributed by atoms with Crippen molar-refractivity contribution in [3.8, 4) is 0 Å². The number of thioether (sulfide) groups is 1. The number of nitrogens with one attached hydrogen (secondary N) is 1. The highest BCUT2D eigenvalue weighted by atomic mass is 35.5. The Morgan fingerprint density at radius 2 is 2.30 bits per heavy atom. The topological polar surface area (TPSA) is 46.9 Å². The van der Waals surface area contributed by atoms with Crippen molar-refractivity contribution in [1.82, 2.24) is 9.55 Å². The first kappa shape index (κ1) is 14.9. The van der Waals surface area contributed by atoms with Crippen LogP contribution >= 0.6 is 23.4 Å². The number of rotatable bonds is 4. The molecular formula is C13H13ClFN3OS. The van der Waals surface area contributed by atoms with Gasteiger partial charge in [0.1, 0.15) is 5.82 Å². The third-order valence-electron chi connectivity index (χ3n) is 2.62. The van der Waals surface area contributed by atoms with Crippen molar-refractivity contribution in [2.24, 2.45) is 7.05 Å². The summed E-state index contributed by atoms with van der Waals surface area (Å²) in [5, 5.41) is 3.16. The molecule has 1 N–H and O–H groups in total. The van der Waals surface area contributed by atoms with Crippen LogP contribution in [-0.4, -0.2) is 20.7 Å². The van der Waals surface area contributed by atoms with Crippen LogP contribution < -0.4 is 5.32 Å². The van der Waals surface area contributed by atoms with Crippen LogP contribution in [-0.2, 0) is 11.8 Å². The lowest BCUT2D eigenvalue weighted by atomic mass is 10.3. The zero-order valence-electron chi connectivity index (χ0n) is 10.9. The number of aryl methyl sites for hydroxylation is 1. The van der Waals surface area contributed by atoms with Crippen molar-refractivity contribution in [3.05, 3.63) is 41.4 Å². The third-order valence-corrected chi connectivity index (χ3v) is 4.02. The Hall–Kier alpha value is -1.53.